The third-order valence-corrected chi connectivity index (χ3v) is 5.41. The molecule has 3 heterocycles. The fraction of sp³-hybridized carbons (Fsp3) is 0.261. The Hall–Kier alpha value is -3.61. The van der Waals surface area contributed by atoms with Crippen LogP contribution in [0.25, 0.3) is 17.0 Å². The molecule has 0 bridgehead atoms. The highest BCUT2D eigenvalue weighted by atomic mass is 16.5. The van der Waals surface area contributed by atoms with Crippen LogP contribution in [0.3, 0.4) is 0 Å². The number of fused-ring (bicyclic) bond motifs is 1. The van der Waals surface area contributed by atoms with Gasteiger partial charge in [-0.2, -0.15) is 14.6 Å². The van der Waals surface area contributed by atoms with E-state index in [9.17, 15) is 0 Å². The van der Waals surface area contributed by atoms with Crippen LogP contribution >= 0.6 is 0 Å². The van der Waals surface area contributed by atoms with E-state index < -0.39 is 0 Å². The van der Waals surface area contributed by atoms with E-state index in [2.05, 4.69) is 50.2 Å². The van der Waals surface area contributed by atoms with Crippen molar-refractivity contribution in [2.24, 2.45) is 0 Å². The highest BCUT2D eigenvalue weighted by Crippen LogP contribution is 2.30. The molecule has 2 aromatic carbocycles. The zero-order valence-corrected chi connectivity index (χ0v) is 17.0. The van der Waals surface area contributed by atoms with Crippen LogP contribution in [0.15, 0.2) is 67.0 Å². The van der Waals surface area contributed by atoms with Crippen molar-refractivity contribution in [3.63, 3.8) is 0 Å². The summed E-state index contributed by atoms with van der Waals surface area (Å²) in [5.41, 5.74) is 3.15. The maximum Gasteiger partial charge on any atom is 0.254 e. The second-order valence-electron chi connectivity index (χ2n) is 7.21. The minimum Gasteiger partial charge on any atom is -0.492 e. The third kappa shape index (κ3) is 3.43. The molecule has 5 rings (SSSR count). The van der Waals surface area contributed by atoms with Gasteiger partial charge in [0.2, 0.25) is 0 Å². The molecule has 0 aliphatic carbocycles. The number of rotatable bonds is 5. The number of ether oxygens (including phenoxy) is 1. The Kier molecular flexibility index (Phi) is 4.93. The van der Waals surface area contributed by atoms with Crippen LogP contribution in [0, 0.1) is 0 Å². The Morgan fingerprint density at radius 2 is 1.63 bits per heavy atom. The minimum atomic E-state index is 0.621. The molecule has 4 aromatic rings. The molecule has 0 spiro atoms. The Morgan fingerprint density at radius 1 is 0.900 bits per heavy atom. The average Bonchev–Trinajstić information content (AvgIpc) is 3.29. The Balaban J connectivity index is 1.42. The number of para-hydroxylation sites is 2. The number of benzene rings is 2. The highest BCUT2D eigenvalue weighted by molar-refractivity contribution is 5.66. The van der Waals surface area contributed by atoms with Crippen molar-refractivity contribution in [1.82, 2.24) is 19.6 Å². The summed E-state index contributed by atoms with van der Waals surface area (Å²) < 4.78 is 7.66. The predicted octanol–water partition coefficient (Wildman–Crippen LogP) is 3.52. The van der Waals surface area contributed by atoms with Crippen molar-refractivity contribution < 1.29 is 4.74 Å². The molecule has 1 aliphatic rings. The summed E-state index contributed by atoms with van der Waals surface area (Å²) in [7, 11) is 0. The van der Waals surface area contributed by atoms with E-state index in [0.717, 1.165) is 54.7 Å². The van der Waals surface area contributed by atoms with Crippen molar-refractivity contribution >= 4 is 17.3 Å². The van der Waals surface area contributed by atoms with Gasteiger partial charge in [-0.3, -0.25) is 0 Å². The number of hydrogen-bond donors (Lipinski definition) is 0. The summed E-state index contributed by atoms with van der Waals surface area (Å²) in [5.74, 6) is 2.59. The van der Waals surface area contributed by atoms with Crippen molar-refractivity contribution in [2.75, 3.05) is 42.6 Å². The van der Waals surface area contributed by atoms with Crippen LogP contribution in [0.2, 0.25) is 0 Å². The minimum absolute atomic E-state index is 0.621. The molecule has 0 radical (unpaired) electrons. The summed E-state index contributed by atoms with van der Waals surface area (Å²) >= 11 is 0. The molecule has 0 amide bonds. The van der Waals surface area contributed by atoms with Gasteiger partial charge in [0.05, 0.1) is 18.0 Å². The first kappa shape index (κ1) is 18.4. The summed E-state index contributed by atoms with van der Waals surface area (Å²) in [5, 5.41) is 4.41. The van der Waals surface area contributed by atoms with E-state index in [1.54, 1.807) is 6.33 Å². The van der Waals surface area contributed by atoms with Crippen LogP contribution in [0.1, 0.15) is 6.92 Å². The summed E-state index contributed by atoms with van der Waals surface area (Å²) in [6.45, 7) is 6.26. The van der Waals surface area contributed by atoms with Gasteiger partial charge < -0.3 is 14.5 Å². The second-order valence-corrected chi connectivity index (χ2v) is 7.21. The maximum absolute atomic E-state index is 5.83. The lowest BCUT2D eigenvalue weighted by Gasteiger charge is -2.37. The molecule has 1 aliphatic heterocycles. The Bertz CT molecular complexity index is 1130. The van der Waals surface area contributed by atoms with Gasteiger partial charge >= 0.3 is 0 Å². The standard InChI is InChI=1S/C23H24N6O/c1-2-30-21-11-7-6-10-20(21)27-12-14-28(15-13-27)22-16-19(18-8-4-3-5-9-18)26-23-24-17-25-29(22)23/h3-11,16-17H,2,12-15H2,1H3. The second kappa shape index (κ2) is 8.02. The topological polar surface area (TPSA) is 58.8 Å². The largest absolute Gasteiger partial charge is 0.492 e. The van der Waals surface area contributed by atoms with Gasteiger partial charge in [-0.05, 0) is 19.1 Å². The fourth-order valence-corrected chi connectivity index (χ4v) is 3.95. The summed E-state index contributed by atoms with van der Waals surface area (Å²) in [6.07, 6.45) is 1.56. The van der Waals surface area contributed by atoms with E-state index in [0.29, 0.717) is 12.4 Å². The van der Waals surface area contributed by atoms with Gasteiger partial charge in [0.25, 0.3) is 5.78 Å². The monoisotopic (exact) mass is 400 g/mol. The molecule has 0 unspecified atom stereocenters. The molecular formula is C23H24N6O. The first-order valence-corrected chi connectivity index (χ1v) is 10.3. The molecule has 0 N–H and O–H groups in total. The van der Waals surface area contributed by atoms with Gasteiger partial charge in [-0.15, -0.1) is 0 Å². The Morgan fingerprint density at radius 3 is 2.43 bits per heavy atom. The zero-order chi connectivity index (χ0) is 20.3. The number of nitrogens with zero attached hydrogens (tertiary/aromatic N) is 6. The van der Waals surface area contributed by atoms with E-state index >= 15 is 0 Å². The highest BCUT2D eigenvalue weighted by Gasteiger charge is 2.22. The van der Waals surface area contributed by atoms with Gasteiger partial charge in [0.15, 0.2) is 0 Å². The van der Waals surface area contributed by atoms with Crippen LogP contribution in [-0.2, 0) is 0 Å². The quantitative estimate of drug-likeness (QED) is 0.511. The lowest BCUT2D eigenvalue weighted by Crippen LogP contribution is -2.47. The van der Waals surface area contributed by atoms with Gasteiger partial charge in [0, 0.05) is 37.8 Å². The molecule has 7 heteroatoms. The number of piperazine rings is 1. The average molecular weight is 400 g/mol. The van der Waals surface area contributed by atoms with Gasteiger partial charge in [-0.25, -0.2) is 4.98 Å². The SMILES string of the molecule is CCOc1ccccc1N1CCN(c2cc(-c3ccccc3)nc3ncnn23)CC1. The van der Waals surface area contributed by atoms with Crippen LogP contribution in [0.4, 0.5) is 11.5 Å². The Labute approximate surface area is 175 Å². The van der Waals surface area contributed by atoms with Crippen LogP contribution in [0.5, 0.6) is 5.75 Å². The van der Waals surface area contributed by atoms with Crippen molar-refractivity contribution in [3.05, 3.63) is 67.0 Å². The smallest absolute Gasteiger partial charge is 0.254 e. The van der Waals surface area contributed by atoms with E-state index in [1.165, 1.54) is 0 Å². The molecule has 2 aromatic heterocycles. The first-order valence-electron chi connectivity index (χ1n) is 10.3. The van der Waals surface area contributed by atoms with E-state index in [1.807, 2.05) is 41.8 Å². The number of hydrogen-bond acceptors (Lipinski definition) is 6. The van der Waals surface area contributed by atoms with E-state index in [-0.39, 0.29) is 0 Å². The third-order valence-electron chi connectivity index (χ3n) is 5.41. The van der Waals surface area contributed by atoms with E-state index in [4.69, 9.17) is 9.72 Å². The summed E-state index contributed by atoms with van der Waals surface area (Å²) in [6, 6.07) is 20.6. The summed E-state index contributed by atoms with van der Waals surface area (Å²) in [4.78, 5) is 13.8. The molecule has 0 saturated carbocycles. The first-order chi connectivity index (χ1) is 14.8. The molecule has 152 valence electrons. The van der Waals surface area contributed by atoms with Gasteiger partial charge in [0.1, 0.15) is 17.9 Å². The number of aromatic nitrogens is 4. The predicted molar refractivity (Wildman–Crippen MR) is 118 cm³/mol. The molecule has 7 nitrogen and oxygen atoms in total. The van der Waals surface area contributed by atoms with Crippen molar-refractivity contribution in [1.29, 1.82) is 0 Å². The normalized spacial score (nSPS) is 14.3. The van der Waals surface area contributed by atoms with Crippen molar-refractivity contribution in [2.45, 2.75) is 6.92 Å². The molecule has 1 saturated heterocycles. The number of anilines is 2. The zero-order valence-electron chi connectivity index (χ0n) is 17.0. The van der Waals surface area contributed by atoms with Crippen molar-refractivity contribution in [3.8, 4) is 17.0 Å². The maximum atomic E-state index is 5.83. The molecular weight excluding hydrogens is 376 g/mol. The molecule has 30 heavy (non-hydrogen) atoms. The van der Waals surface area contributed by atoms with Gasteiger partial charge in [-0.1, -0.05) is 42.5 Å². The lowest BCUT2D eigenvalue weighted by atomic mass is 10.1. The van der Waals surface area contributed by atoms with Crippen LogP contribution < -0.4 is 14.5 Å². The molecule has 1 fully saturated rings. The fourth-order valence-electron chi connectivity index (χ4n) is 3.95. The van der Waals surface area contributed by atoms with Crippen LogP contribution in [-0.4, -0.2) is 52.4 Å². The molecule has 0 atom stereocenters. The lowest BCUT2D eigenvalue weighted by molar-refractivity contribution is 0.340.